The van der Waals surface area contributed by atoms with Crippen molar-refractivity contribution in [2.75, 3.05) is 19.8 Å². The molecular weight excluding hydrogens is 361 g/mol. The lowest BCUT2D eigenvalue weighted by Crippen LogP contribution is -2.47. The number of hydrogen-bond acceptors (Lipinski definition) is 3. The van der Waals surface area contributed by atoms with E-state index in [0.717, 1.165) is 44.5 Å². The highest BCUT2D eigenvalue weighted by atomic mass is 32.2. The molecule has 1 saturated carbocycles. The summed E-state index contributed by atoms with van der Waals surface area (Å²) in [6.45, 7) is 2.06. The van der Waals surface area contributed by atoms with E-state index in [1.165, 1.54) is 17.0 Å². The lowest BCUT2D eigenvalue weighted by atomic mass is 9.93. The molecule has 0 spiro atoms. The van der Waals surface area contributed by atoms with Crippen LogP contribution in [-0.4, -0.2) is 30.4 Å². The van der Waals surface area contributed by atoms with E-state index in [9.17, 15) is 9.18 Å². The van der Waals surface area contributed by atoms with Gasteiger partial charge in [0.15, 0.2) is 0 Å². The minimum Gasteiger partial charge on any atom is -0.381 e. The summed E-state index contributed by atoms with van der Waals surface area (Å²) in [5, 5.41) is 3.22. The van der Waals surface area contributed by atoms with E-state index < -0.39 is 5.41 Å². The van der Waals surface area contributed by atoms with Gasteiger partial charge in [0.2, 0.25) is 5.91 Å². The van der Waals surface area contributed by atoms with Gasteiger partial charge in [-0.1, -0.05) is 30.3 Å². The molecule has 2 aliphatic rings. The van der Waals surface area contributed by atoms with Crippen molar-refractivity contribution in [1.29, 1.82) is 0 Å². The first-order valence-electron chi connectivity index (χ1n) is 9.48. The normalized spacial score (nSPS) is 20.0. The van der Waals surface area contributed by atoms with Crippen LogP contribution < -0.4 is 5.32 Å². The van der Waals surface area contributed by atoms with Crippen LogP contribution in [0.2, 0.25) is 0 Å². The predicted molar refractivity (Wildman–Crippen MR) is 105 cm³/mol. The molecule has 1 heterocycles. The average Bonchev–Trinajstić information content (AvgIpc) is 3.50. The van der Waals surface area contributed by atoms with Gasteiger partial charge in [0.1, 0.15) is 5.82 Å². The van der Waals surface area contributed by atoms with Gasteiger partial charge in [0.05, 0.1) is 5.41 Å². The number of amides is 1. The number of thioether (sulfide) groups is 1. The van der Waals surface area contributed by atoms with Gasteiger partial charge in [-0.2, -0.15) is 0 Å². The molecule has 1 amide bonds. The van der Waals surface area contributed by atoms with Crippen molar-refractivity contribution >= 4 is 17.7 Å². The summed E-state index contributed by atoms with van der Waals surface area (Å²) >= 11 is 1.84. The number of hydrogen-bond donors (Lipinski definition) is 1. The molecule has 0 unspecified atom stereocenters. The van der Waals surface area contributed by atoms with Gasteiger partial charge in [-0.25, -0.2) is 4.39 Å². The van der Waals surface area contributed by atoms with Crippen LogP contribution in [-0.2, 0) is 14.9 Å². The van der Waals surface area contributed by atoms with Crippen LogP contribution in [0.25, 0.3) is 0 Å². The van der Waals surface area contributed by atoms with Gasteiger partial charge in [-0.15, -0.1) is 11.8 Å². The van der Waals surface area contributed by atoms with E-state index in [-0.39, 0.29) is 16.5 Å². The van der Waals surface area contributed by atoms with Crippen molar-refractivity contribution in [3.8, 4) is 0 Å². The Hall–Kier alpha value is -1.85. The number of benzene rings is 2. The van der Waals surface area contributed by atoms with Crippen LogP contribution in [0.15, 0.2) is 59.5 Å². The zero-order valence-electron chi connectivity index (χ0n) is 15.2. The fraction of sp³-hybridized carbons (Fsp3) is 0.409. The summed E-state index contributed by atoms with van der Waals surface area (Å²) in [6.07, 6.45) is 3.48. The van der Waals surface area contributed by atoms with Crippen molar-refractivity contribution in [1.82, 2.24) is 5.32 Å². The molecule has 142 valence electrons. The maximum absolute atomic E-state index is 13.2. The first-order chi connectivity index (χ1) is 13.1. The summed E-state index contributed by atoms with van der Waals surface area (Å²) in [7, 11) is 0. The van der Waals surface area contributed by atoms with Crippen molar-refractivity contribution in [3.63, 3.8) is 0 Å². The van der Waals surface area contributed by atoms with Crippen LogP contribution in [0, 0.1) is 5.82 Å². The van der Waals surface area contributed by atoms with Gasteiger partial charge in [-0.05, 0) is 55.5 Å². The number of ether oxygens (including phenoxy) is 1. The van der Waals surface area contributed by atoms with Crippen LogP contribution in [0.4, 0.5) is 4.39 Å². The molecule has 4 rings (SSSR count). The average molecular weight is 386 g/mol. The Morgan fingerprint density at radius 3 is 2.30 bits per heavy atom. The maximum Gasteiger partial charge on any atom is 0.230 e. The van der Waals surface area contributed by atoms with Crippen molar-refractivity contribution < 1.29 is 13.9 Å². The molecule has 1 aliphatic heterocycles. The van der Waals surface area contributed by atoms with Crippen LogP contribution >= 0.6 is 11.8 Å². The standard InChI is InChI=1S/C22H24FNO2S/c23-18-8-6-17(7-9-18)22(10-11-22)20(25)24-16-21(12-14-26-15-13-21)27-19-4-2-1-3-5-19/h1-9H,10-16H2,(H,24,25). The van der Waals surface area contributed by atoms with Gasteiger partial charge in [0, 0.05) is 29.4 Å². The Morgan fingerprint density at radius 2 is 1.67 bits per heavy atom. The van der Waals surface area contributed by atoms with Gasteiger partial charge in [0.25, 0.3) is 0 Å². The van der Waals surface area contributed by atoms with E-state index in [1.54, 1.807) is 12.1 Å². The minimum atomic E-state index is -0.475. The lowest BCUT2D eigenvalue weighted by molar-refractivity contribution is -0.123. The van der Waals surface area contributed by atoms with E-state index in [2.05, 4.69) is 17.4 Å². The van der Waals surface area contributed by atoms with E-state index >= 15 is 0 Å². The second kappa shape index (κ2) is 7.64. The zero-order valence-corrected chi connectivity index (χ0v) is 16.1. The molecule has 1 aliphatic carbocycles. The number of rotatable bonds is 6. The predicted octanol–water partition coefficient (Wildman–Crippen LogP) is 4.32. The van der Waals surface area contributed by atoms with Gasteiger partial charge in [-0.3, -0.25) is 4.79 Å². The number of nitrogens with one attached hydrogen (secondary N) is 1. The number of carbonyl (C=O) groups excluding carboxylic acids is 1. The van der Waals surface area contributed by atoms with Crippen molar-refractivity contribution in [3.05, 3.63) is 66.0 Å². The second-order valence-corrected chi connectivity index (χ2v) is 9.02. The molecule has 27 heavy (non-hydrogen) atoms. The van der Waals surface area contributed by atoms with Crippen LogP contribution in [0.5, 0.6) is 0 Å². The molecule has 3 nitrogen and oxygen atoms in total. The Morgan fingerprint density at radius 1 is 1.00 bits per heavy atom. The van der Waals surface area contributed by atoms with Crippen LogP contribution in [0.3, 0.4) is 0 Å². The zero-order chi connectivity index (χ0) is 18.7. The van der Waals surface area contributed by atoms with E-state index in [4.69, 9.17) is 4.74 Å². The molecule has 1 N–H and O–H groups in total. The monoisotopic (exact) mass is 385 g/mol. The molecule has 0 aromatic heterocycles. The fourth-order valence-electron chi connectivity index (χ4n) is 3.75. The Bertz CT molecular complexity index is 784. The molecule has 0 bridgehead atoms. The molecule has 2 aromatic rings. The highest BCUT2D eigenvalue weighted by Crippen LogP contribution is 2.49. The molecular formula is C22H24FNO2S. The topological polar surface area (TPSA) is 38.3 Å². The Kier molecular flexibility index (Phi) is 5.24. The highest BCUT2D eigenvalue weighted by Gasteiger charge is 2.51. The molecule has 0 atom stereocenters. The van der Waals surface area contributed by atoms with E-state index in [1.807, 2.05) is 30.0 Å². The minimum absolute atomic E-state index is 0.0475. The summed E-state index contributed by atoms with van der Waals surface area (Å²) in [5.74, 6) is -0.205. The molecule has 5 heteroatoms. The molecule has 0 radical (unpaired) electrons. The quantitative estimate of drug-likeness (QED) is 0.805. The first-order valence-corrected chi connectivity index (χ1v) is 10.3. The Balaban J connectivity index is 1.46. The summed E-state index contributed by atoms with van der Waals surface area (Å²) in [6, 6.07) is 16.7. The summed E-state index contributed by atoms with van der Waals surface area (Å²) in [4.78, 5) is 14.2. The molecule has 2 aromatic carbocycles. The second-order valence-electron chi connectivity index (χ2n) is 7.48. The van der Waals surface area contributed by atoms with Crippen molar-refractivity contribution in [2.45, 2.75) is 40.7 Å². The van der Waals surface area contributed by atoms with Crippen molar-refractivity contribution in [2.24, 2.45) is 0 Å². The maximum atomic E-state index is 13.2. The third-order valence-corrected chi connectivity index (χ3v) is 7.13. The summed E-state index contributed by atoms with van der Waals surface area (Å²) in [5.41, 5.74) is 0.440. The number of halogens is 1. The van der Waals surface area contributed by atoms with E-state index in [0.29, 0.717) is 6.54 Å². The third-order valence-electron chi connectivity index (χ3n) is 5.63. The smallest absolute Gasteiger partial charge is 0.230 e. The largest absolute Gasteiger partial charge is 0.381 e. The molecule has 2 fully saturated rings. The molecule has 1 saturated heterocycles. The van der Waals surface area contributed by atoms with Gasteiger partial charge >= 0.3 is 0 Å². The Labute approximate surface area is 163 Å². The van der Waals surface area contributed by atoms with Gasteiger partial charge < -0.3 is 10.1 Å². The first kappa shape index (κ1) is 18.5. The lowest BCUT2D eigenvalue weighted by Gasteiger charge is -2.37. The highest BCUT2D eigenvalue weighted by molar-refractivity contribution is 8.00. The fourth-order valence-corrected chi connectivity index (χ4v) is 5.06. The van der Waals surface area contributed by atoms with Crippen LogP contribution in [0.1, 0.15) is 31.2 Å². The summed E-state index contributed by atoms with van der Waals surface area (Å²) < 4.78 is 18.7. The third kappa shape index (κ3) is 4.04. The number of carbonyl (C=O) groups is 1. The SMILES string of the molecule is O=C(NCC1(Sc2ccccc2)CCOCC1)C1(c2ccc(F)cc2)CC1.